The maximum atomic E-state index is 13.6. The van der Waals surface area contributed by atoms with E-state index in [4.69, 9.17) is 27.9 Å². The average molecular weight is 639 g/mol. The molecule has 190 valence electrons. The van der Waals surface area contributed by atoms with E-state index in [9.17, 15) is 9.59 Å². The fourth-order valence-electron chi connectivity index (χ4n) is 3.61. The van der Waals surface area contributed by atoms with Crippen molar-refractivity contribution < 1.29 is 14.3 Å². The van der Waals surface area contributed by atoms with E-state index in [0.29, 0.717) is 27.8 Å². The Hall–Kier alpha value is -2.29. The van der Waals surface area contributed by atoms with Gasteiger partial charge in [-0.15, -0.1) is 0 Å². The van der Waals surface area contributed by atoms with Gasteiger partial charge in [-0.3, -0.25) is 9.59 Å². The lowest BCUT2D eigenvalue weighted by atomic mass is 10.0. The first-order chi connectivity index (χ1) is 17.3. The number of halogens is 3. The van der Waals surface area contributed by atoms with Gasteiger partial charge in [-0.2, -0.15) is 0 Å². The van der Waals surface area contributed by atoms with Crippen LogP contribution in [-0.2, 0) is 22.6 Å². The van der Waals surface area contributed by atoms with Gasteiger partial charge < -0.3 is 15.0 Å². The molecular formula is C28H29Cl2IN2O3. The molecule has 0 saturated heterocycles. The molecule has 36 heavy (non-hydrogen) atoms. The lowest BCUT2D eigenvalue weighted by Crippen LogP contribution is -2.53. The first kappa shape index (κ1) is 28.3. The summed E-state index contributed by atoms with van der Waals surface area (Å²) in [7, 11) is 0. The third-order valence-electron chi connectivity index (χ3n) is 5.84. The van der Waals surface area contributed by atoms with Gasteiger partial charge in [0.1, 0.15) is 11.8 Å². The molecule has 0 aliphatic carbocycles. The zero-order valence-corrected chi connectivity index (χ0v) is 23.9. The van der Waals surface area contributed by atoms with Gasteiger partial charge in [0, 0.05) is 38.2 Å². The Labute approximate surface area is 236 Å². The van der Waals surface area contributed by atoms with Crippen molar-refractivity contribution in [3.8, 4) is 5.75 Å². The monoisotopic (exact) mass is 638 g/mol. The van der Waals surface area contributed by atoms with Crippen molar-refractivity contribution >= 4 is 57.6 Å². The van der Waals surface area contributed by atoms with E-state index in [1.54, 1.807) is 30.3 Å². The van der Waals surface area contributed by atoms with Crippen LogP contribution in [0.25, 0.3) is 0 Å². The Morgan fingerprint density at radius 1 is 0.972 bits per heavy atom. The summed E-state index contributed by atoms with van der Waals surface area (Å²) in [6.07, 6.45) is 1.10. The topological polar surface area (TPSA) is 58.6 Å². The number of rotatable bonds is 11. The van der Waals surface area contributed by atoms with E-state index < -0.39 is 6.04 Å². The van der Waals surface area contributed by atoms with E-state index in [-0.39, 0.29) is 31.0 Å². The van der Waals surface area contributed by atoms with E-state index >= 15 is 0 Å². The molecule has 0 unspecified atom stereocenters. The Kier molecular flexibility index (Phi) is 10.9. The summed E-state index contributed by atoms with van der Waals surface area (Å²) in [5.74, 6) is -0.00748. The maximum Gasteiger partial charge on any atom is 0.261 e. The van der Waals surface area contributed by atoms with Crippen molar-refractivity contribution in [3.05, 3.63) is 97.5 Å². The number of nitrogens with one attached hydrogen (secondary N) is 1. The van der Waals surface area contributed by atoms with Crippen LogP contribution in [0.5, 0.6) is 5.75 Å². The summed E-state index contributed by atoms with van der Waals surface area (Å²) < 4.78 is 6.85. The molecule has 5 nitrogen and oxygen atoms in total. The SMILES string of the molecule is CC[C@@H](C)NC(=O)[C@H](Cc1ccccc1)N(Cc1c(Cl)cccc1Cl)C(=O)COc1ccc(I)cc1. The Balaban J connectivity index is 1.95. The largest absolute Gasteiger partial charge is 0.484 e. The molecule has 0 bridgehead atoms. The summed E-state index contributed by atoms with van der Waals surface area (Å²) in [6.45, 7) is 3.77. The molecule has 8 heteroatoms. The van der Waals surface area contributed by atoms with Gasteiger partial charge in [-0.1, -0.05) is 66.5 Å². The smallest absolute Gasteiger partial charge is 0.261 e. The molecule has 1 N–H and O–H groups in total. The average Bonchev–Trinajstić information content (AvgIpc) is 2.87. The standard InChI is InChI=1S/C28H29Cl2IN2O3/c1-3-19(2)32-28(35)26(16-20-8-5-4-6-9-20)33(17-23-24(29)10-7-11-25(23)30)27(34)18-36-22-14-12-21(31)13-15-22/h4-15,19,26H,3,16-18H2,1-2H3,(H,32,35)/t19-,26+/m1/s1. The minimum Gasteiger partial charge on any atom is -0.484 e. The molecule has 0 radical (unpaired) electrons. The predicted molar refractivity (Wildman–Crippen MR) is 153 cm³/mol. The van der Waals surface area contributed by atoms with Crippen LogP contribution in [-0.4, -0.2) is 35.4 Å². The lowest BCUT2D eigenvalue weighted by molar-refractivity contribution is -0.143. The molecule has 0 aliphatic heterocycles. The third-order valence-corrected chi connectivity index (χ3v) is 7.27. The third kappa shape index (κ3) is 8.11. The fraction of sp³-hybridized carbons (Fsp3) is 0.286. The number of hydrogen-bond acceptors (Lipinski definition) is 3. The van der Waals surface area contributed by atoms with Crippen LogP contribution in [0.1, 0.15) is 31.4 Å². The molecule has 3 rings (SSSR count). The van der Waals surface area contributed by atoms with Gasteiger partial charge in [-0.25, -0.2) is 0 Å². The second-order valence-corrected chi connectivity index (χ2v) is 10.5. The summed E-state index contributed by atoms with van der Waals surface area (Å²) in [4.78, 5) is 28.7. The molecule has 0 aromatic heterocycles. The maximum absolute atomic E-state index is 13.6. The van der Waals surface area contributed by atoms with Gasteiger partial charge in [0.05, 0.1) is 0 Å². The van der Waals surface area contributed by atoms with Crippen molar-refractivity contribution in [2.45, 2.75) is 45.3 Å². The van der Waals surface area contributed by atoms with Crippen LogP contribution < -0.4 is 10.1 Å². The summed E-state index contributed by atoms with van der Waals surface area (Å²) in [6, 6.07) is 21.4. The van der Waals surface area contributed by atoms with Crippen LogP contribution in [0.2, 0.25) is 10.0 Å². The first-order valence-corrected chi connectivity index (χ1v) is 13.6. The molecule has 0 fully saturated rings. The van der Waals surface area contributed by atoms with Crippen LogP contribution in [0.4, 0.5) is 0 Å². The molecule has 3 aromatic rings. The van der Waals surface area contributed by atoms with E-state index in [2.05, 4.69) is 27.9 Å². The van der Waals surface area contributed by atoms with Gasteiger partial charge in [0.2, 0.25) is 5.91 Å². The van der Waals surface area contributed by atoms with Crippen molar-refractivity contribution in [2.24, 2.45) is 0 Å². The molecule has 0 spiro atoms. The second kappa shape index (κ2) is 13.9. The number of nitrogens with zero attached hydrogens (tertiary/aromatic N) is 1. The number of hydrogen-bond donors (Lipinski definition) is 1. The highest BCUT2D eigenvalue weighted by Gasteiger charge is 2.32. The van der Waals surface area contributed by atoms with Gasteiger partial charge in [0.15, 0.2) is 6.61 Å². The molecular weight excluding hydrogens is 610 g/mol. The highest BCUT2D eigenvalue weighted by Crippen LogP contribution is 2.27. The predicted octanol–water partition coefficient (Wildman–Crippen LogP) is 6.53. The number of carbonyl (C=O) groups is 2. The van der Waals surface area contributed by atoms with Gasteiger partial charge >= 0.3 is 0 Å². The minimum atomic E-state index is -0.790. The quantitative estimate of drug-likeness (QED) is 0.243. The van der Waals surface area contributed by atoms with Crippen molar-refractivity contribution in [2.75, 3.05) is 6.61 Å². The highest BCUT2D eigenvalue weighted by molar-refractivity contribution is 14.1. The fourth-order valence-corrected chi connectivity index (χ4v) is 4.48. The van der Waals surface area contributed by atoms with Crippen LogP contribution in [0.3, 0.4) is 0 Å². The Morgan fingerprint density at radius 2 is 1.61 bits per heavy atom. The number of ether oxygens (including phenoxy) is 1. The Bertz CT molecular complexity index is 1140. The minimum absolute atomic E-state index is 0.0420. The van der Waals surface area contributed by atoms with Crippen LogP contribution >= 0.6 is 45.8 Å². The molecule has 2 atom stereocenters. The zero-order valence-electron chi connectivity index (χ0n) is 20.2. The first-order valence-electron chi connectivity index (χ1n) is 11.7. The molecule has 0 saturated carbocycles. The molecule has 0 heterocycles. The zero-order chi connectivity index (χ0) is 26.1. The molecule has 3 aromatic carbocycles. The molecule has 2 amide bonds. The van der Waals surface area contributed by atoms with E-state index in [0.717, 1.165) is 15.6 Å². The second-order valence-electron chi connectivity index (χ2n) is 8.49. The normalized spacial score (nSPS) is 12.5. The van der Waals surface area contributed by atoms with Crippen molar-refractivity contribution in [1.29, 1.82) is 0 Å². The number of amides is 2. The molecule has 0 aliphatic rings. The summed E-state index contributed by atoms with van der Waals surface area (Å²) >= 11 is 15.1. The van der Waals surface area contributed by atoms with Gasteiger partial charge in [0.25, 0.3) is 5.91 Å². The number of benzene rings is 3. The van der Waals surface area contributed by atoms with E-state index in [1.807, 2.05) is 56.3 Å². The highest BCUT2D eigenvalue weighted by atomic mass is 127. The summed E-state index contributed by atoms with van der Waals surface area (Å²) in [5, 5.41) is 3.90. The lowest BCUT2D eigenvalue weighted by Gasteiger charge is -2.32. The van der Waals surface area contributed by atoms with Crippen molar-refractivity contribution in [1.82, 2.24) is 10.2 Å². The van der Waals surface area contributed by atoms with Gasteiger partial charge in [-0.05, 0) is 77.9 Å². The van der Waals surface area contributed by atoms with Crippen molar-refractivity contribution in [3.63, 3.8) is 0 Å². The van der Waals surface area contributed by atoms with Crippen LogP contribution in [0, 0.1) is 3.57 Å². The Morgan fingerprint density at radius 3 is 2.22 bits per heavy atom. The van der Waals surface area contributed by atoms with Crippen LogP contribution in [0.15, 0.2) is 72.8 Å². The number of carbonyl (C=O) groups excluding carboxylic acids is 2. The summed E-state index contributed by atoms with van der Waals surface area (Å²) in [5.41, 5.74) is 1.52. The van der Waals surface area contributed by atoms with E-state index in [1.165, 1.54) is 4.90 Å².